The summed E-state index contributed by atoms with van der Waals surface area (Å²) in [5.41, 5.74) is 4.92. The lowest BCUT2D eigenvalue weighted by Crippen LogP contribution is -2.12. The second-order valence-electron chi connectivity index (χ2n) is 6.48. The third-order valence-electron chi connectivity index (χ3n) is 4.21. The summed E-state index contributed by atoms with van der Waals surface area (Å²) in [5.74, 6) is -1.10. The molecule has 4 rings (SSSR count). The largest absolute Gasteiger partial charge is 0.478 e. The van der Waals surface area contributed by atoms with Gasteiger partial charge in [0.1, 0.15) is 10.6 Å². The van der Waals surface area contributed by atoms with Crippen LogP contribution in [0.3, 0.4) is 0 Å². The summed E-state index contributed by atoms with van der Waals surface area (Å²) in [4.78, 5) is 20.4. The minimum Gasteiger partial charge on any atom is -0.478 e. The van der Waals surface area contributed by atoms with Gasteiger partial charge in [-0.25, -0.2) is 9.78 Å². The summed E-state index contributed by atoms with van der Waals surface area (Å²) in [6, 6.07) is 5.90. The average molecular weight is 502 g/mol. The maximum Gasteiger partial charge on any atom is 0.339 e. The van der Waals surface area contributed by atoms with Crippen molar-refractivity contribution >= 4 is 62.1 Å². The van der Waals surface area contributed by atoms with Gasteiger partial charge >= 0.3 is 5.97 Å². The molecule has 29 heavy (non-hydrogen) atoms. The molecule has 1 saturated carbocycles. The van der Waals surface area contributed by atoms with Gasteiger partial charge in [0.2, 0.25) is 0 Å². The maximum absolute atomic E-state index is 11.6. The van der Waals surface area contributed by atoms with E-state index in [1.165, 1.54) is 19.0 Å². The van der Waals surface area contributed by atoms with Crippen LogP contribution >= 0.6 is 39.1 Å². The Morgan fingerprint density at radius 3 is 2.66 bits per heavy atom. The molecule has 10 heteroatoms. The second kappa shape index (κ2) is 9.32. The highest BCUT2D eigenvalue weighted by Crippen LogP contribution is 2.36. The lowest BCUT2D eigenvalue weighted by Gasteiger charge is -2.14. The maximum atomic E-state index is 11.6. The molecule has 1 aliphatic rings. The Hall–Kier alpha value is -1.84. The number of aromatic nitrogens is 2. The molecular weight excluding hydrogens is 483 g/mol. The van der Waals surface area contributed by atoms with Crippen molar-refractivity contribution in [2.24, 2.45) is 0 Å². The van der Waals surface area contributed by atoms with E-state index in [0.717, 1.165) is 10.2 Å². The van der Waals surface area contributed by atoms with Gasteiger partial charge in [-0.15, -0.1) is 0 Å². The zero-order valence-corrected chi connectivity index (χ0v) is 18.8. The molecule has 0 atom stereocenters. The lowest BCUT2D eigenvalue weighted by atomic mass is 10.2. The third-order valence-corrected chi connectivity index (χ3v) is 5.37. The molecule has 1 fully saturated rings. The molecule has 0 unspecified atom stereocenters. The number of halogens is 3. The number of rotatable bonds is 5. The monoisotopic (exact) mass is 500 g/mol. The van der Waals surface area contributed by atoms with Crippen LogP contribution in [-0.4, -0.2) is 33.6 Å². The number of imidazole rings is 1. The van der Waals surface area contributed by atoms with Crippen LogP contribution in [0.15, 0.2) is 35.1 Å². The second-order valence-corrected chi connectivity index (χ2v) is 8.18. The molecule has 7 nitrogen and oxygen atoms in total. The smallest absolute Gasteiger partial charge is 0.339 e. The zero-order valence-electron chi connectivity index (χ0n) is 15.7. The number of carboxylic acid groups (broad SMARTS) is 1. The molecule has 0 spiro atoms. The standard InChI is InChI=1S/C15H10BrCl2N3O2.C4H9NO/c1-7-5-19-14-12(18)13(9(15(22)23)6-21(7)14)20-11-3-2-8(16)4-10(11)17;1-6-5-4-2-3-4/h2-6,20H,1H3,(H,22,23);4-5H,2-3H2,1H3. The highest BCUT2D eigenvalue weighted by atomic mass is 79.9. The Morgan fingerprint density at radius 2 is 2.10 bits per heavy atom. The number of benzene rings is 1. The summed E-state index contributed by atoms with van der Waals surface area (Å²) in [6.45, 7) is 1.82. The number of pyridine rings is 1. The normalized spacial score (nSPS) is 13.1. The van der Waals surface area contributed by atoms with Crippen molar-refractivity contribution < 1.29 is 14.7 Å². The van der Waals surface area contributed by atoms with E-state index in [4.69, 9.17) is 23.2 Å². The number of hydrogen-bond donors (Lipinski definition) is 3. The summed E-state index contributed by atoms with van der Waals surface area (Å²) in [6.07, 6.45) is 5.69. The number of hydroxylamine groups is 1. The van der Waals surface area contributed by atoms with E-state index < -0.39 is 5.97 Å². The van der Waals surface area contributed by atoms with Crippen LogP contribution in [0.25, 0.3) is 5.65 Å². The molecule has 0 bridgehead atoms. The van der Waals surface area contributed by atoms with Crippen LogP contribution in [0.1, 0.15) is 28.9 Å². The van der Waals surface area contributed by atoms with Gasteiger partial charge in [-0.2, -0.15) is 5.48 Å². The highest BCUT2D eigenvalue weighted by molar-refractivity contribution is 9.10. The van der Waals surface area contributed by atoms with Crippen molar-refractivity contribution in [1.82, 2.24) is 14.9 Å². The topological polar surface area (TPSA) is 87.9 Å². The predicted octanol–water partition coefficient (Wildman–Crippen LogP) is 5.45. The first-order chi connectivity index (χ1) is 13.8. The number of anilines is 2. The molecule has 0 saturated heterocycles. The van der Waals surface area contributed by atoms with Gasteiger partial charge in [-0.1, -0.05) is 39.1 Å². The van der Waals surface area contributed by atoms with E-state index in [-0.39, 0.29) is 16.3 Å². The van der Waals surface area contributed by atoms with Crippen LogP contribution in [0.4, 0.5) is 11.4 Å². The first-order valence-electron chi connectivity index (χ1n) is 8.71. The first kappa shape index (κ1) is 21.9. The minimum atomic E-state index is -1.10. The first-order valence-corrected chi connectivity index (χ1v) is 10.3. The van der Waals surface area contributed by atoms with Gasteiger partial charge in [0, 0.05) is 28.6 Å². The SMILES string of the molecule is CONC1CC1.Cc1cnc2c(Cl)c(Nc3ccc(Br)cc3Cl)c(C(=O)O)cn12. The van der Waals surface area contributed by atoms with Crippen molar-refractivity contribution in [2.75, 3.05) is 12.4 Å². The molecular formula is C19H19BrCl2N4O3. The van der Waals surface area contributed by atoms with Crippen molar-refractivity contribution in [3.05, 3.63) is 56.4 Å². The molecule has 0 radical (unpaired) electrons. The van der Waals surface area contributed by atoms with Gasteiger partial charge in [-0.05, 0) is 38.0 Å². The lowest BCUT2D eigenvalue weighted by molar-refractivity contribution is 0.0697. The van der Waals surface area contributed by atoms with E-state index >= 15 is 0 Å². The number of aryl methyl sites for hydroxylation is 1. The van der Waals surface area contributed by atoms with Crippen LogP contribution in [0, 0.1) is 6.92 Å². The summed E-state index contributed by atoms with van der Waals surface area (Å²) >= 11 is 15.9. The van der Waals surface area contributed by atoms with Crippen LogP contribution in [0.5, 0.6) is 0 Å². The minimum absolute atomic E-state index is 0.0302. The quantitative estimate of drug-likeness (QED) is 0.402. The van der Waals surface area contributed by atoms with E-state index in [1.807, 2.05) is 6.92 Å². The number of nitrogens with one attached hydrogen (secondary N) is 2. The molecule has 154 valence electrons. The summed E-state index contributed by atoms with van der Waals surface area (Å²) in [7, 11) is 1.65. The van der Waals surface area contributed by atoms with Crippen LogP contribution in [0.2, 0.25) is 10.0 Å². The van der Waals surface area contributed by atoms with Crippen molar-refractivity contribution in [3.63, 3.8) is 0 Å². The fourth-order valence-corrected chi connectivity index (χ4v) is 3.58. The van der Waals surface area contributed by atoms with E-state index in [2.05, 4.69) is 36.5 Å². The molecule has 1 aliphatic carbocycles. The average Bonchev–Trinajstić information content (AvgIpc) is 3.41. The number of aromatic carboxylic acids is 1. The molecule has 0 aliphatic heterocycles. The van der Waals surface area contributed by atoms with Crippen molar-refractivity contribution in [3.8, 4) is 0 Å². The van der Waals surface area contributed by atoms with Crippen molar-refractivity contribution in [1.29, 1.82) is 0 Å². The van der Waals surface area contributed by atoms with E-state index in [9.17, 15) is 9.90 Å². The zero-order chi connectivity index (χ0) is 21.1. The fourth-order valence-electron chi connectivity index (χ4n) is 2.57. The number of nitrogens with zero attached hydrogens (tertiary/aromatic N) is 2. The number of fused-ring (bicyclic) bond motifs is 1. The van der Waals surface area contributed by atoms with Gasteiger partial charge in [0.05, 0.1) is 23.5 Å². The van der Waals surface area contributed by atoms with Crippen LogP contribution in [-0.2, 0) is 4.84 Å². The molecule has 2 aromatic heterocycles. The van der Waals surface area contributed by atoms with Crippen LogP contribution < -0.4 is 10.8 Å². The number of carbonyl (C=O) groups is 1. The Balaban J connectivity index is 0.000000343. The van der Waals surface area contributed by atoms with Gasteiger partial charge in [0.15, 0.2) is 5.65 Å². The molecule has 1 aromatic carbocycles. The highest BCUT2D eigenvalue weighted by Gasteiger charge is 2.20. The van der Waals surface area contributed by atoms with Crippen molar-refractivity contribution in [2.45, 2.75) is 25.8 Å². The van der Waals surface area contributed by atoms with Gasteiger partial charge < -0.3 is 19.7 Å². The Morgan fingerprint density at radius 1 is 1.38 bits per heavy atom. The molecule has 3 N–H and O–H groups in total. The van der Waals surface area contributed by atoms with Gasteiger partial charge in [0.25, 0.3) is 0 Å². The van der Waals surface area contributed by atoms with E-state index in [1.54, 1.807) is 35.9 Å². The number of hydrogen-bond acceptors (Lipinski definition) is 5. The Bertz CT molecular complexity index is 1050. The Labute approximate surface area is 186 Å². The third kappa shape index (κ3) is 5.21. The fraction of sp³-hybridized carbons (Fsp3) is 0.263. The van der Waals surface area contributed by atoms with Gasteiger partial charge in [-0.3, -0.25) is 0 Å². The summed E-state index contributed by atoms with van der Waals surface area (Å²) in [5, 5.41) is 13.2. The Kier molecular flexibility index (Phi) is 7.02. The molecule has 3 aromatic rings. The summed E-state index contributed by atoms with van der Waals surface area (Å²) < 4.78 is 2.46. The molecule has 2 heterocycles. The number of carboxylic acids is 1. The van der Waals surface area contributed by atoms with E-state index in [0.29, 0.717) is 22.4 Å². The molecule has 0 amide bonds. The predicted molar refractivity (Wildman–Crippen MR) is 117 cm³/mol.